The molecule has 94 valence electrons. The molecule has 1 fully saturated rings. The van der Waals surface area contributed by atoms with Crippen LogP contribution in [0.15, 0.2) is 17.9 Å². The van der Waals surface area contributed by atoms with E-state index in [0.717, 1.165) is 30.1 Å². The van der Waals surface area contributed by atoms with Gasteiger partial charge in [-0.05, 0) is 18.9 Å². The molecule has 0 saturated carbocycles. The van der Waals surface area contributed by atoms with Crippen LogP contribution in [0.2, 0.25) is 0 Å². The molecule has 3 rings (SSSR count). The standard InChI is InChI=1S/C12H14N4OS/c1-8-4-14-15-11(8)9-2-3-16(6-9)12(17)10-5-13-7-18-10/h4-5,7,9H,2-3,6H2,1H3,(H,14,15)/t9-/m1/s1. The fourth-order valence-corrected chi connectivity index (χ4v) is 3.01. The van der Waals surface area contributed by atoms with E-state index in [1.807, 2.05) is 18.0 Å². The molecule has 5 nitrogen and oxygen atoms in total. The first kappa shape index (κ1) is 11.4. The molecule has 2 aromatic heterocycles. The number of aryl methyl sites for hydroxylation is 1. The van der Waals surface area contributed by atoms with Crippen molar-refractivity contribution in [1.82, 2.24) is 20.1 Å². The summed E-state index contributed by atoms with van der Waals surface area (Å²) in [5.74, 6) is 0.474. The molecule has 3 heterocycles. The number of nitrogens with one attached hydrogen (secondary N) is 1. The molecule has 1 amide bonds. The normalized spacial score (nSPS) is 19.4. The first-order chi connectivity index (χ1) is 8.75. The number of nitrogens with zero attached hydrogens (tertiary/aromatic N) is 3. The van der Waals surface area contributed by atoms with Gasteiger partial charge in [-0.1, -0.05) is 0 Å². The van der Waals surface area contributed by atoms with Gasteiger partial charge in [0.2, 0.25) is 0 Å². The van der Waals surface area contributed by atoms with E-state index in [4.69, 9.17) is 0 Å². The van der Waals surface area contributed by atoms with E-state index >= 15 is 0 Å². The topological polar surface area (TPSA) is 61.9 Å². The maximum absolute atomic E-state index is 12.2. The number of H-pyrrole nitrogens is 1. The lowest BCUT2D eigenvalue weighted by atomic mass is 10.0. The van der Waals surface area contributed by atoms with Crippen LogP contribution in [0.5, 0.6) is 0 Å². The predicted molar refractivity (Wildman–Crippen MR) is 68.7 cm³/mol. The zero-order valence-electron chi connectivity index (χ0n) is 10.1. The van der Waals surface area contributed by atoms with Crippen LogP contribution in [0.4, 0.5) is 0 Å². The molecule has 0 aromatic carbocycles. The summed E-state index contributed by atoms with van der Waals surface area (Å²) in [5.41, 5.74) is 4.03. The third-order valence-electron chi connectivity index (χ3n) is 3.39. The second-order valence-electron chi connectivity index (χ2n) is 4.57. The van der Waals surface area contributed by atoms with E-state index in [-0.39, 0.29) is 5.91 Å². The second kappa shape index (κ2) is 4.53. The van der Waals surface area contributed by atoms with E-state index in [9.17, 15) is 4.79 Å². The van der Waals surface area contributed by atoms with E-state index in [1.165, 1.54) is 16.9 Å². The predicted octanol–water partition coefficient (Wildman–Crippen LogP) is 1.80. The molecular formula is C12H14N4OS. The monoisotopic (exact) mass is 262 g/mol. The third-order valence-corrected chi connectivity index (χ3v) is 4.16. The van der Waals surface area contributed by atoms with Crippen molar-refractivity contribution in [2.24, 2.45) is 0 Å². The van der Waals surface area contributed by atoms with Gasteiger partial charge in [-0.25, -0.2) is 0 Å². The highest BCUT2D eigenvalue weighted by atomic mass is 32.1. The molecule has 0 aliphatic carbocycles. The van der Waals surface area contributed by atoms with Crippen LogP contribution in [0.1, 0.15) is 33.3 Å². The maximum Gasteiger partial charge on any atom is 0.265 e. The summed E-state index contributed by atoms with van der Waals surface area (Å²) >= 11 is 1.40. The highest BCUT2D eigenvalue weighted by Crippen LogP contribution is 2.28. The fourth-order valence-electron chi connectivity index (χ4n) is 2.43. The summed E-state index contributed by atoms with van der Waals surface area (Å²) in [5, 5.41) is 7.09. The zero-order chi connectivity index (χ0) is 12.5. The van der Waals surface area contributed by atoms with Crippen LogP contribution in [0.3, 0.4) is 0 Å². The van der Waals surface area contributed by atoms with Crippen LogP contribution in [0.25, 0.3) is 0 Å². The minimum Gasteiger partial charge on any atom is -0.337 e. The van der Waals surface area contributed by atoms with E-state index in [2.05, 4.69) is 15.2 Å². The zero-order valence-corrected chi connectivity index (χ0v) is 10.9. The molecule has 1 N–H and O–H groups in total. The number of aromatic nitrogens is 3. The van der Waals surface area contributed by atoms with Gasteiger partial charge < -0.3 is 4.90 Å². The minimum atomic E-state index is 0.0946. The van der Waals surface area contributed by atoms with Gasteiger partial charge in [0, 0.05) is 24.7 Å². The molecule has 6 heteroatoms. The van der Waals surface area contributed by atoms with Crippen molar-refractivity contribution >= 4 is 17.2 Å². The van der Waals surface area contributed by atoms with Crippen molar-refractivity contribution in [1.29, 1.82) is 0 Å². The van der Waals surface area contributed by atoms with Gasteiger partial charge >= 0.3 is 0 Å². The summed E-state index contributed by atoms with van der Waals surface area (Å²) in [6.45, 7) is 3.62. The second-order valence-corrected chi connectivity index (χ2v) is 5.46. The van der Waals surface area contributed by atoms with Crippen LogP contribution < -0.4 is 0 Å². The lowest BCUT2D eigenvalue weighted by molar-refractivity contribution is 0.0795. The van der Waals surface area contributed by atoms with Gasteiger partial charge in [0.05, 0.1) is 17.9 Å². The van der Waals surface area contributed by atoms with Crippen LogP contribution in [-0.4, -0.2) is 39.1 Å². The fraction of sp³-hybridized carbons (Fsp3) is 0.417. The number of thiazole rings is 1. The number of aromatic amines is 1. The van der Waals surface area contributed by atoms with Crippen LogP contribution in [-0.2, 0) is 0 Å². The molecule has 0 radical (unpaired) electrons. The summed E-state index contributed by atoms with van der Waals surface area (Å²) in [4.78, 5) is 18.8. The lowest BCUT2D eigenvalue weighted by Gasteiger charge is -2.15. The SMILES string of the molecule is Cc1cn[nH]c1[C@@H]1CCN(C(=O)c2cncs2)C1. The maximum atomic E-state index is 12.2. The molecule has 1 aliphatic rings. The summed E-state index contributed by atoms with van der Waals surface area (Å²) in [6.07, 6.45) is 4.47. The van der Waals surface area contributed by atoms with Crippen molar-refractivity contribution in [3.8, 4) is 0 Å². The largest absolute Gasteiger partial charge is 0.337 e. The highest BCUT2D eigenvalue weighted by molar-refractivity contribution is 7.11. The number of hydrogen-bond donors (Lipinski definition) is 1. The van der Waals surface area contributed by atoms with Gasteiger partial charge in [0.25, 0.3) is 5.91 Å². The number of hydrogen-bond acceptors (Lipinski definition) is 4. The molecule has 18 heavy (non-hydrogen) atoms. The van der Waals surface area contributed by atoms with Crippen LogP contribution >= 0.6 is 11.3 Å². The van der Waals surface area contributed by atoms with E-state index < -0.39 is 0 Å². The van der Waals surface area contributed by atoms with Crippen molar-refractivity contribution < 1.29 is 4.79 Å². The Labute approximate surface area is 109 Å². The van der Waals surface area contributed by atoms with Crippen molar-refractivity contribution in [3.05, 3.63) is 34.0 Å². The Morgan fingerprint density at radius 1 is 1.56 bits per heavy atom. The van der Waals surface area contributed by atoms with Crippen molar-refractivity contribution in [2.75, 3.05) is 13.1 Å². The average Bonchev–Trinajstić information content (AvgIpc) is 3.09. The van der Waals surface area contributed by atoms with Gasteiger partial charge in [-0.2, -0.15) is 5.10 Å². The quantitative estimate of drug-likeness (QED) is 0.897. The van der Waals surface area contributed by atoms with Gasteiger partial charge in [0.1, 0.15) is 4.88 Å². The minimum absolute atomic E-state index is 0.0946. The summed E-state index contributed by atoms with van der Waals surface area (Å²) < 4.78 is 0. The molecule has 1 atom stereocenters. The number of amides is 1. The number of carbonyl (C=O) groups excluding carboxylic acids is 1. The smallest absolute Gasteiger partial charge is 0.265 e. The first-order valence-corrected chi connectivity index (χ1v) is 6.81. The molecule has 1 saturated heterocycles. The Morgan fingerprint density at radius 2 is 2.44 bits per heavy atom. The average molecular weight is 262 g/mol. The Morgan fingerprint density at radius 3 is 3.11 bits per heavy atom. The third kappa shape index (κ3) is 1.92. The summed E-state index contributed by atoms with van der Waals surface area (Å²) in [7, 11) is 0. The highest BCUT2D eigenvalue weighted by Gasteiger charge is 2.30. The molecule has 0 unspecified atom stereocenters. The van der Waals surface area contributed by atoms with Gasteiger partial charge in [-0.15, -0.1) is 11.3 Å². The lowest BCUT2D eigenvalue weighted by Crippen LogP contribution is -2.27. The van der Waals surface area contributed by atoms with E-state index in [0.29, 0.717) is 5.92 Å². The van der Waals surface area contributed by atoms with Gasteiger partial charge in [-0.3, -0.25) is 14.9 Å². The summed E-state index contributed by atoms with van der Waals surface area (Å²) in [6, 6.07) is 0. The Bertz CT molecular complexity index is 548. The number of likely N-dealkylation sites (tertiary alicyclic amines) is 1. The number of rotatable bonds is 2. The number of carbonyl (C=O) groups is 1. The Kier molecular flexibility index (Phi) is 2.87. The van der Waals surface area contributed by atoms with Crippen LogP contribution in [0, 0.1) is 6.92 Å². The first-order valence-electron chi connectivity index (χ1n) is 5.93. The molecule has 0 bridgehead atoms. The van der Waals surface area contributed by atoms with Crippen molar-refractivity contribution in [2.45, 2.75) is 19.3 Å². The van der Waals surface area contributed by atoms with Crippen molar-refractivity contribution in [3.63, 3.8) is 0 Å². The van der Waals surface area contributed by atoms with Gasteiger partial charge in [0.15, 0.2) is 0 Å². The van der Waals surface area contributed by atoms with E-state index in [1.54, 1.807) is 11.7 Å². The molecule has 2 aromatic rings. The molecular weight excluding hydrogens is 248 g/mol. The Hall–Kier alpha value is -1.69. The molecule has 1 aliphatic heterocycles. The molecule has 0 spiro atoms. The Balaban J connectivity index is 1.73.